The minimum Gasteiger partial charge on any atom is -0.383 e. The average Bonchev–Trinajstić information content (AvgIpc) is 2.85. The number of para-hydroxylation sites is 2. The van der Waals surface area contributed by atoms with Crippen molar-refractivity contribution in [2.24, 2.45) is 5.73 Å². The van der Waals surface area contributed by atoms with E-state index >= 15 is 0 Å². The van der Waals surface area contributed by atoms with Gasteiger partial charge in [-0.1, -0.05) is 12.1 Å². The number of carbonyl (C=O) groups excluding carboxylic acids is 1. The molecule has 1 aromatic carbocycles. The number of fused-ring (bicyclic) bond motifs is 1. The number of benzene rings is 1. The van der Waals surface area contributed by atoms with Crippen LogP contribution in [0.15, 0.2) is 24.3 Å². The largest absolute Gasteiger partial charge is 0.383 e. The van der Waals surface area contributed by atoms with E-state index in [1.807, 2.05) is 0 Å². The van der Waals surface area contributed by atoms with Crippen molar-refractivity contribution >= 4 is 41.8 Å². The van der Waals surface area contributed by atoms with Gasteiger partial charge in [0.25, 0.3) is 0 Å². The van der Waals surface area contributed by atoms with E-state index in [1.54, 1.807) is 24.3 Å². The molecule has 2 aromatic rings. The fourth-order valence-electron chi connectivity index (χ4n) is 2.17. The van der Waals surface area contributed by atoms with Crippen LogP contribution in [0.25, 0.3) is 11.0 Å². The number of halogens is 4. The van der Waals surface area contributed by atoms with Crippen LogP contribution in [0.2, 0.25) is 0 Å². The van der Waals surface area contributed by atoms with E-state index in [0.29, 0.717) is 11.0 Å². The molecule has 136 valence electrons. The Morgan fingerprint density at radius 2 is 2.04 bits per heavy atom. The molecule has 1 atom stereocenters. The van der Waals surface area contributed by atoms with Gasteiger partial charge in [0, 0.05) is 20.1 Å². The Morgan fingerprint density at radius 3 is 2.67 bits per heavy atom. The molecule has 1 aromatic heterocycles. The van der Waals surface area contributed by atoms with Crippen LogP contribution in [0.1, 0.15) is 12.4 Å². The first kappa shape index (κ1) is 22.5. The van der Waals surface area contributed by atoms with Crippen LogP contribution in [-0.2, 0) is 16.0 Å². The van der Waals surface area contributed by atoms with Gasteiger partial charge < -0.3 is 15.8 Å². The van der Waals surface area contributed by atoms with Gasteiger partial charge in [0.15, 0.2) is 0 Å². The van der Waals surface area contributed by atoms with Crippen LogP contribution < -0.4 is 11.1 Å². The highest BCUT2D eigenvalue weighted by Gasteiger charge is 2.18. The van der Waals surface area contributed by atoms with Crippen LogP contribution in [0.5, 0.6) is 0 Å². The lowest BCUT2D eigenvalue weighted by atomic mass is 10.3. The van der Waals surface area contributed by atoms with Crippen molar-refractivity contribution in [3.63, 3.8) is 0 Å². The molecular formula is C14H20Cl2F2N4O2. The number of ether oxygens (including phenoxy) is 1. The van der Waals surface area contributed by atoms with E-state index in [-0.39, 0.29) is 56.1 Å². The Kier molecular flexibility index (Phi) is 9.76. The number of carbonyl (C=O) groups is 1. The number of nitrogens with one attached hydrogen (secondary N) is 1. The van der Waals surface area contributed by atoms with Crippen molar-refractivity contribution in [3.8, 4) is 0 Å². The second-order valence-corrected chi connectivity index (χ2v) is 4.77. The molecule has 3 N–H and O–H groups in total. The second kappa shape index (κ2) is 10.4. The Bertz CT molecular complexity index is 655. The molecule has 0 aliphatic rings. The van der Waals surface area contributed by atoms with E-state index in [4.69, 9.17) is 10.5 Å². The quantitative estimate of drug-likeness (QED) is 0.763. The lowest BCUT2D eigenvalue weighted by Crippen LogP contribution is -2.44. The van der Waals surface area contributed by atoms with Gasteiger partial charge in [-0.25, -0.2) is 4.98 Å². The van der Waals surface area contributed by atoms with E-state index < -0.39 is 12.6 Å². The minimum atomic E-state index is -2.69. The first-order valence-electron chi connectivity index (χ1n) is 6.80. The van der Waals surface area contributed by atoms with Gasteiger partial charge in [0.2, 0.25) is 5.91 Å². The minimum absolute atomic E-state index is 0. The van der Waals surface area contributed by atoms with Crippen LogP contribution in [-0.4, -0.2) is 41.8 Å². The zero-order chi connectivity index (χ0) is 16.1. The van der Waals surface area contributed by atoms with Gasteiger partial charge in [0.1, 0.15) is 11.9 Å². The third kappa shape index (κ3) is 5.27. The summed E-state index contributed by atoms with van der Waals surface area (Å²) in [6.45, 7) is -2.41. The molecule has 0 saturated heterocycles. The normalized spacial score (nSPS) is 11.7. The maximum Gasteiger partial charge on any atom is 0.320 e. The van der Waals surface area contributed by atoms with Gasteiger partial charge >= 0.3 is 6.55 Å². The predicted octanol–water partition coefficient (Wildman–Crippen LogP) is 1.91. The number of nitrogens with two attached hydrogens (primary N) is 1. The fourth-order valence-corrected chi connectivity index (χ4v) is 2.17. The number of nitrogens with zero attached hydrogens (tertiary/aromatic N) is 2. The molecule has 0 aliphatic heterocycles. The SMILES string of the molecule is COCC(N)C(=O)NCCc1nc2ccccc2n1C(F)F.Cl.Cl. The highest BCUT2D eigenvalue weighted by molar-refractivity contribution is 5.85. The standard InChI is InChI=1S/C14H18F2N4O2.2ClH/c1-22-8-9(17)13(21)18-7-6-12-19-10-4-2-3-5-11(10)20(12)14(15)16;;/h2-5,9,14H,6-8,17H2,1H3,(H,18,21);2*1H. The summed E-state index contributed by atoms with van der Waals surface area (Å²) in [5, 5.41) is 2.58. The molecule has 1 amide bonds. The van der Waals surface area contributed by atoms with Crippen molar-refractivity contribution in [1.29, 1.82) is 0 Å². The zero-order valence-corrected chi connectivity index (χ0v) is 14.6. The third-order valence-corrected chi connectivity index (χ3v) is 3.19. The Hall–Kier alpha value is -1.48. The molecule has 0 radical (unpaired) electrons. The maximum absolute atomic E-state index is 13.2. The first-order valence-corrected chi connectivity index (χ1v) is 6.80. The molecule has 0 aliphatic carbocycles. The van der Waals surface area contributed by atoms with Gasteiger partial charge in [-0.2, -0.15) is 8.78 Å². The summed E-state index contributed by atoms with van der Waals surface area (Å²) in [5.74, 6) is -0.168. The van der Waals surface area contributed by atoms with Crippen molar-refractivity contribution in [2.75, 3.05) is 20.3 Å². The summed E-state index contributed by atoms with van der Waals surface area (Å²) in [6.07, 6.45) is 0.185. The van der Waals surface area contributed by atoms with Crippen molar-refractivity contribution in [2.45, 2.75) is 19.0 Å². The summed E-state index contributed by atoms with van der Waals surface area (Å²) in [5.41, 5.74) is 6.44. The summed E-state index contributed by atoms with van der Waals surface area (Å²) in [7, 11) is 1.44. The topological polar surface area (TPSA) is 82.2 Å². The zero-order valence-electron chi connectivity index (χ0n) is 12.9. The van der Waals surface area contributed by atoms with Gasteiger partial charge in [-0.05, 0) is 12.1 Å². The maximum atomic E-state index is 13.2. The number of alkyl halides is 2. The van der Waals surface area contributed by atoms with Crippen molar-refractivity contribution in [3.05, 3.63) is 30.1 Å². The Morgan fingerprint density at radius 1 is 1.38 bits per heavy atom. The monoisotopic (exact) mass is 384 g/mol. The number of amides is 1. The molecule has 0 fully saturated rings. The average molecular weight is 385 g/mol. The van der Waals surface area contributed by atoms with Crippen LogP contribution in [0.4, 0.5) is 8.78 Å². The highest BCUT2D eigenvalue weighted by Crippen LogP contribution is 2.23. The van der Waals surface area contributed by atoms with Gasteiger partial charge in [-0.3, -0.25) is 9.36 Å². The second-order valence-electron chi connectivity index (χ2n) is 4.77. The molecule has 24 heavy (non-hydrogen) atoms. The fraction of sp³-hybridized carbons (Fsp3) is 0.429. The third-order valence-electron chi connectivity index (χ3n) is 3.19. The van der Waals surface area contributed by atoms with E-state index in [2.05, 4.69) is 10.3 Å². The number of imidazole rings is 1. The summed E-state index contributed by atoms with van der Waals surface area (Å²) >= 11 is 0. The van der Waals surface area contributed by atoms with Crippen LogP contribution in [0, 0.1) is 0 Å². The van der Waals surface area contributed by atoms with E-state index in [9.17, 15) is 13.6 Å². The first-order chi connectivity index (χ1) is 10.5. The lowest BCUT2D eigenvalue weighted by Gasteiger charge is -2.11. The molecule has 10 heteroatoms. The van der Waals surface area contributed by atoms with E-state index in [0.717, 1.165) is 4.57 Å². The molecule has 0 spiro atoms. The Balaban J connectivity index is 0.00000264. The molecule has 0 saturated carbocycles. The number of hydrogen-bond acceptors (Lipinski definition) is 4. The lowest BCUT2D eigenvalue weighted by molar-refractivity contribution is -0.123. The van der Waals surface area contributed by atoms with Crippen molar-refractivity contribution in [1.82, 2.24) is 14.9 Å². The van der Waals surface area contributed by atoms with Gasteiger partial charge in [-0.15, -0.1) is 24.8 Å². The number of rotatable bonds is 7. The number of methoxy groups -OCH3 is 1. The molecule has 2 rings (SSSR count). The highest BCUT2D eigenvalue weighted by atomic mass is 35.5. The molecule has 0 bridgehead atoms. The van der Waals surface area contributed by atoms with Crippen molar-refractivity contribution < 1.29 is 18.3 Å². The molecule has 1 heterocycles. The summed E-state index contributed by atoms with van der Waals surface area (Å²) in [6, 6.07) is 5.90. The predicted molar refractivity (Wildman–Crippen MR) is 92.0 cm³/mol. The van der Waals surface area contributed by atoms with Gasteiger partial charge in [0.05, 0.1) is 17.6 Å². The number of aromatic nitrogens is 2. The molecular weight excluding hydrogens is 365 g/mol. The summed E-state index contributed by atoms with van der Waals surface area (Å²) < 4.78 is 32.1. The molecule has 1 unspecified atom stereocenters. The van der Waals surface area contributed by atoms with Crippen LogP contribution >= 0.6 is 24.8 Å². The Labute approximate surface area is 150 Å². The van der Waals surface area contributed by atoms with E-state index in [1.165, 1.54) is 7.11 Å². The van der Waals surface area contributed by atoms with Crippen LogP contribution in [0.3, 0.4) is 0 Å². The smallest absolute Gasteiger partial charge is 0.320 e. The number of hydrogen-bond donors (Lipinski definition) is 2. The molecule has 6 nitrogen and oxygen atoms in total. The summed E-state index contributed by atoms with van der Waals surface area (Å²) in [4.78, 5) is 15.8.